The van der Waals surface area contributed by atoms with Gasteiger partial charge in [0, 0.05) is 37.9 Å². The van der Waals surface area contributed by atoms with Gasteiger partial charge >= 0.3 is 6.18 Å². The van der Waals surface area contributed by atoms with Crippen LogP contribution in [-0.4, -0.2) is 49.1 Å². The summed E-state index contributed by atoms with van der Waals surface area (Å²) in [5, 5.41) is 3.21. The molecule has 1 aliphatic heterocycles. The second-order valence-corrected chi connectivity index (χ2v) is 7.84. The third-order valence-electron chi connectivity index (χ3n) is 5.93. The number of benzene rings is 1. The highest BCUT2D eigenvalue weighted by atomic mass is 19.4. The van der Waals surface area contributed by atoms with Crippen molar-refractivity contribution in [2.24, 2.45) is 0 Å². The van der Waals surface area contributed by atoms with Gasteiger partial charge in [-0.05, 0) is 37.5 Å². The lowest BCUT2D eigenvalue weighted by atomic mass is 9.95. The largest absolute Gasteiger partial charge is 0.416 e. The number of hydrogen-bond acceptors (Lipinski definition) is 3. The van der Waals surface area contributed by atoms with E-state index in [-0.39, 0.29) is 11.9 Å². The normalized spacial score (nSPS) is 20.8. The van der Waals surface area contributed by atoms with Crippen molar-refractivity contribution < 1.29 is 18.0 Å². The molecule has 1 heterocycles. The van der Waals surface area contributed by atoms with Crippen LogP contribution in [0.2, 0.25) is 0 Å². The highest BCUT2D eigenvalue weighted by molar-refractivity contribution is 5.82. The minimum absolute atomic E-state index is 0.0990. The number of piperazine rings is 1. The number of rotatable bonds is 5. The van der Waals surface area contributed by atoms with Gasteiger partial charge in [0.1, 0.15) is 0 Å². The Kier molecular flexibility index (Phi) is 6.86. The maximum atomic E-state index is 13.0. The van der Waals surface area contributed by atoms with Crippen molar-refractivity contribution in [3.05, 3.63) is 29.8 Å². The van der Waals surface area contributed by atoms with Crippen LogP contribution in [0.5, 0.6) is 0 Å². The van der Waals surface area contributed by atoms with Crippen molar-refractivity contribution in [1.82, 2.24) is 10.2 Å². The number of hydrogen-bond donors (Lipinski definition) is 1. The maximum absolute atomic E-state index is 13.0. The quantitative estimate of drug-likeness (QED) is 0.814. The predicted octanol–water partition coefficient (Wildman–Crippen LogP) is 4.05. The summed E-state index contributed by atoms with van der Waals surface area (Å²) in [5.74, 6) is 0.0990. The van der Waals surface area contributed by atoms with Gasteiger partial charge in [-0.2, -0.15) is 13.2 Å². The zero-order chi connectivity index (χ0) is 20.1. The molecule has 1 aromatic rings. The molecule has 3 rings (SSSR count). The molecule has 0 aromatic heterocycles. The zero-order valence-electron chi connectivity index (χ0n) is 16.5. The first kappa shape index (κ1) is 21.0. The molecule has 0 unspecified atom stereocenters. The van der Waals surface area contributed by atoms with Gasteiger partial charge in [-0.1, -0.05) is 32.3 Å². The molecule has 0 bridgehead atoms. The number of amides is 1. The predicted molar refractivity (Wildman–Crippen MR) is 104 cm³/mol. The minimum Gasteiger partial charge on any atom is -0.369 e. The molecule has 1 saturated carbocycles. The van der Waals surface area contributed by atoms with Crippen molar-refractivity contribution >= 4 is 11.6 Å². The number of halogens is 3. The second kappa shape index (κ2) is 9.16. The molecule has 1 N–H and O–H groups in total. The van der Waals surface area contributed by atoms with Gasteiger partial charge in [-0.3, -0.25) is 9.69 Å². The molecule has 1 atom stereocenters. The highest BCUT2D eigenvalue weighted by Gasteiger charge is 2.32. The molecule has 4 nitrogen and oxygen atoms in total. The van der Waals surface area contributed by atoms with Crippen molar-refractivity contribution in [2.45, 2.75) is 63.7 Å². The Morgan fingerprint density at radius 2 is 1.82 bits per heavy atom. The van der Waals surface area contributed by atoms with Gasteiger partial charge in [0.2, 0.25) is 5.91 Å². The Hall–Kier alpha value is -1.76. The molecule has 2 aliphatic rings. The van der Waals surface area contributed by atoms with Crippen molar-refractivity contribution in [2.75, 3.05) is 31.1 Å². The van der Waals surface area contributed by atoms with Crippen LogP contribution < -0.4 is 10.2 Å². The summed E-state index contributed by atoms with van der Waals surface area (Å²) in [6.07, 6.45) is 2.14. The molecular formula is C21H30F3N3O. The Morgan fingerprint density at radius 1 is 1.14 bits per heavy atom. The number of carbonyl (C=O) groups excluding carboxylic acids is 1. The van der Waals surface area contributed by atoms with Crippen LogP contribution in [0.1, 0.15) is 51.0 Å². The Morgan fingerprint density at radius 3 is 2.43 bits per heavy atom. The summed E-state index contributed by atoms with van der Waals surface area (Å²) in [6, 6.07) is 5.62. The maximum Gasteiger partial charge on any atom is 0.416 e. The molecule has 7 heteroatoms. The summed E-state index contributed by atoms with van der Waals surface area (Å²) in [6.45, 7) is 4.60. The lowest BCUT2D eigenvalue weighted by molar-refractivity contribution is -0.137. The van der Waals surface area contributed by atoms with E-state index in [0.29, 0.717) is 37.9 Å². The number of carbonyl (C=O) groups is 1. The van der Waals surface area contributed by atoms with Gasteiger partial charge in [0.25, 0.3) is 0 Å². The SMILES string of the molecule is CC[C@H](C(=O)NC1CCCCC1)N1CCN(c2cccc(C(F)(F)F)c2)CC1. The van der Waals surface area contributed by atoms with Gasteiger partial charge in [0.15, 0.2) is 0 Å². The molecule has 1 saturated heterocycles. The van der Waals surface area contributed by atoms with Crippen LogP contribution in [0, 0.1) is 0 Å². The number of nitrogens with one attached hydrogen (secondary N) is 1. The Bertz CT molecular complexity index is 651. The van der Waals surface area contributed by atoms with Crippen LogP contribution in [0.15, 0.2) is 24.3 Å². The van der Waals surface area contributed by atoms with E-state index in [9.17, 15) is 18.0 Å². The average molecular weight is 397 g/mol. The van der Waals surface area contributed by atoms with Crippen LogP contribution >= 0.6 is 0 Å². The highest BCUT2D eigenvalue weighted by Crippen LogP contribution is 2.32. The molecule has 1 amide bonds. The third kappa shape index (κ3) is 5.19. The second-order valence-electron chi connectivity index (χ2n) is 7.84. The van der Waals surface area contributed by atoms with Gasteiger partial charge in [0.05, 0.1) is 11.6 Å². The van der Waals surface area contributed by atoms with Crippen molar-refractivity contribution in [3.63, 3.8) is 0 Å². The van der Waals surface area contributed by atoms with E-state index in [1.165, 1.54) is 31.4 Å². The fourth-order valence-corrected chi connectivity index (χ4v) is 4.32. The lowest BCUT2D eigenvalue weighted by Gasteiger charge is -2.40. The van der Waals surface area contributed by atoms with Gasteiger partial charge in [-0.15, -0.1) is 0 Å². The fraction of sp³-hybridized carbons (Fsp3) is 0.667. The van der Waals surface area contributed by atoms with Crippen molar-refractivity contribution in [1.29, 1.82) is 0 Å². The van der Waals surface area contributed by atoms with E-state index in [1.807, 2.05) is 11.8 Å². The van der Waals surface area contributed by atoms with E-state index < -0.39 is 11.7 Å². The summed E-state index contributed by atoms with van der Waals surface area (Å²) in [5.41, 5.74) is -0.0279. The first-order valence-electron chi connectivity index (χ1n) is 10.3. The standard InChI is InChI=1S/C21H30F3N3O/c1-2-19(20(28)25-17-8-4-3-5-9-17)27-13-11-26(12-14-27)18-10-6-7-16(15-18)21(22,23)24/h6-7,10,15,17,19H,2-5,8-9,11-14H2,1H3,(H,25,28)/t19-/m1/s1. The van der Waals surface area contributed by atoms with E-state index in [2.05, 4.69) is 10.2 Å². The summed E-state index contributed by atoms with van der Waals surface area (Å²) in [7, 11) is 0. The van der Waals surface area contributed by atoms with Crippen LogP contribution in [0.3, 0.4) is 0 Å². The van der Waals surface area contributed by atoms with E-state index in [4.69, 9.17) is 0 Å². The molecule has 1 aliphatic carbocycles. The van der Waals surface area contributed by atoms with E-state index in [0.717, 1.165) is 25.3 Å². The fourth-order valence-electron chi connectivity index (χ4n) is 4.32. The Balaban J connectivity index is 1.56. The summed E-state index contributed by atoms with van der Waals surface area (Å²) in [4.78, 5) is 16.9. The van der Waals surface area contributed by atoms with Gasteiger partial charge in [-0.25, -0.2) is 0 Å². The van der Waals surface area contributed by atoms with E-state index >= 15 is 0 Å². The molecule has 28 heavy (non-hydrogen) atoms. The van der Waals surface area contributed by atoms with Crippen LogP contribution in [-0.2, 0) is 11.0 Å². The first-order chi connectivity index (χ1) is 13.4. The number of anilines is 1. The number of alkyl halides is 3. The van der Waals surface area contributed by atoms with Crippen LogP contribution in [0.4, 0.5) is 18.9 Å². The van der Waals surface area contributed by atoms with Gasteiger partial charge < -0.3 is 10.2 Å². The average Bonchev–Trinajstić information content (AvgIpc) is 2.69. The van der Waals surface area contributed by atoms with E-state index in [1.54, 1.807) is 6.07 Å². The molecule has 2 fully saturated rings. The zero-order valence-corrected chi connectivity index (χ0v) is 16.5. The summed E-state index contributed by atoms with van der Waals surface area (Å²) >= 11 is 0. The third-order valence-corrected chi connectivity index (χ3v) is 5.93. The monoisotopic (exact) mass is 397 g/mol. The molecule has 0 spiro atoms. The summed E-state index contributed by atoms with van der Waals surface area (Å²) < 4.78 is 38.9. The topological polar surface area (TPSA) is 35.6 Å². The number of nitrogens with zero attached hydrogens (tertiary/aromatic N) is 2. The molecule has 156 valence electrons. The van der Waals surface area contributed by atoms with Crippen LogP contribution in [0.25, 0.3) is 0 Å². The molecule has 1 aromatic carbocycles. The first-order valence-corrected chi connectivity index (χ1v) is 10.3. The molecular weight excluding hydrogens is 367 g/mol. The lowest BCUT2D eigenvalue weighted by Crippen LogP contribution is -2.56. The Labute approximate surface area is 165 Å². The smallest absolute Gasteiger partial charge is 0.369 e. The van der Waals surface area contributed by atoms with Crippen molar-refractivity contribution in [3.8, 4) is 0 Å². The minimum atomic E-state index is -4.33. The molecule has 0 radical (unpaired) electrons.